The largest absolute Gasteiger partial charge is 0.375 e. The molecule has 2 heterocycles. The third-order valence-electron chi connectivity index (χ3n) is 1.71. The third-order valence-corrected chi connectivity index (χ3v) is 1.81. The normalized spacial score (nSPS) is 10.9. The summed E-state index contributed by atoms with van der Waals surface area (Å²) in [6.45, 7) is 0. The van der Waals surface area contributed by atoms with Gasteiger partial charge in [-0.1, -0.05) is 0 Å². The number of hydrazone groups is 1. The number of nitrogens with one attached hydrogen (secondary N) is 2. The molecule has 0 amide bonds. The first-order valence-corrected chi connectivity index (χ1v) is 4.55. The molecule has 0 aliphatic rings. The second kappa shape index (κ2) is 4.01. The van der Waals surface area contributed by atoms with Crippen LogP contribution in [0.25, 0.3) is 11.2 Å². The second-order valence-corrected chi connectivity index (χ2v) is 3.17. The van der Waals surface area contributed by atoms with E-state index in [1.165, 1.54) is 0 Å². The molecule has 7 heteroatoms. The Balaban J connectivity index is 2.28. The Hall–Kier alpha value is -2.02. The van der Waals surface area contributed by atoms with E-state index >= 15 is 0 Å². The van der Waals surface area contributed by atoms with Crippen LogP contribution in [-0.2, 0) is 0 Å². The van der Waals surface area contributed by atoms with Crippen LogP contribution in [0.5, 0.6) is 0 Å². The fraction of sp³-hybridized carbons (Fsp3) is 0. The van der Waals surface area contributed by atoms with Crippen molar-refractivity contribution < 1.29 is 0 Å². The summed E-state index contributed by atoms with van der Waals surface area (Å²) in [6, 6.07) is 0. The van der Waals surface area contributed by atoms with Crippen molar-refractivity contribution in [2.75, 3.05) is 0 Å². The molecule has 6 nitrogen and oxygen atoms in total. The van der Waals surface area contributed by atoms with Crippen LogP contribution in [0.4, 0.5) is 0 Å². The monoisotopic (exact) mass is 220 g/mol. The topological polar surface area (TPSA) is 92.0 Å². The summed E-state index contributed by atoms with van der Waals surface area (Å²) in [5, 5.41) is 3.96. The van der Waals surface area contributed by atoms with Crippen LogP contribution >= 0.6 is 12.2 Å². The average Bonchev–Trinajstić information content (AvgIpc) is 2.62. The molecule has 0 spiro atoms. The Bertz CT molecular complexity index is 517. The van der Waals surface area contributed by atoms with Crippen molar-refractivity contribution in [3.8, 4) is 0 Å². The van der Waals surface area contributed by atoms with Crippen LogP contribution in [0.3, 0.4) is 0 Å². The van der Waals surface area contributed by atoms with Gasteiger partial charge in [0.15, 0.2) is 10.8 Å². The van der Waals surface area contributed by atoms with Crippen LogP contribution in [0.1, 0.15) is 5.56 Å². The number of aromatic nitrogens is 3. The zero-order chi connectivity index (χ0) is 10.7. The number of nitrogens with zero attached hydrogens (tertiary/aromatic N) is 3. The molecule has 0 aliphatic heterocycles. The number of hydrogen-bond donors (Lipinski definition) is 3. The number of fused-ring (bicyclic) bond motifs is 1. The van der Waals surface area contributed by atoms with E-state index in [-0.39, 0.29) is 5.11 Å². The lowest BCUT2D eigenvalue weighted by Gasteiger charge is -1.92. The number of thiocarbonyl (C=S) groups is 1. The van der Waals surface area contributed by atoms with Gasteiger partial charge in [-0.15, -0.1) is 0 Å². The van der Waals surface area contributed by atoms with E-state index in [2.05, 4.69) is 37.7 Å². The molecule has 2 aromatic heterocycles. The van der Waals surface area contributed by atoms with E-state index in [0.717, 1.165) is 11.1 Å². The summed E-state index contributed by atoms with van der Waals surface area (Å²) >= 11 is 4.60. The Morgan fingerprint density at radius 2 is 2.33 bits per heavy atom. The Morgan fingerprint density at radius 1 is 1.53 bits per heavy atom. The molecule has 2 aromatic rings. The van der Waals surface area contributed by atoms with Gasteiger partial charge >= 0.3 is 0 Å². The van der Waals surface area contributed by atoms with Crippen molar-refractivity contribution in [3.05, 3.63) is 24.2 Å². The van der Waals surface area contributed by atoms with Crippen molar-refractivity contribution >= 4 is 34.7 Å². The summed E-state index contributed by atoms with van der Waals surface area (Å²) in [6.07, 6.45) is 6.57. The van der Waals surface area contributed by atoms with Gasteiger partial charge < -0.3 is 10.7 Å². The van der Waals surface area contributed by atoms with Crippen LogP contribution in [0.2, 0.25) is 0 Å². The number of hydrogen-bond acceptors (Lipinski definition) is 4. The van der Waals surface area contributed by atoms with Gasteiger partial charge in [0, 0.05) is 24.2 Å². The molecule has 0 unspecified atom stereocenters. The summed E-state index contributed by atoms with van der Waals surface area (Å²) in [4.78, 5) is 11.2. The minimum atomic E-state index is 0.122. The summed E-state index contributed by atoms with van der Waals surface area (Å²) < 4.78 is 0. The number of aromatic amines is 1. The van der Waals surface area contributed by atoms with Gasteiger partial charge in [-0.05, 0) is 12.2 Å². The highest BCUT2D eigenvalue weighted by molar-refractivity contribution is 7.80. The standard InChI is InChI=1S/C8H8N6S/c9-8(15)14-13-4-5-3-12-7-6(5)10-1-2-11-7/h1-4H,(H,11,12)(H3,9,14,15)/b13-4+. The van der Waals surface area contributed by atoms with E-state index in [9.17, 15) is 0 Å². The van der Waals surface area contributed by atoms with Gasteiger partial charge in [0.25, 0.3) is 0 Å². The van der Waals surface area contributed by atoms with Gasteiger partial charge in [-0.25, -0.2) is 4.98 Å². The Labute approximate surface area is 90.6 Å². The molecule has 4 N–H and O–H groups in total. The first-order valence-electron chi connectivity index (χ1n) is 4.14. The van der Waals surface area contributed by atoms with Gasteiger partial charge in [0.2, 0.25) is 0 Å². The van der Waals surface area contributed by atoms with E-state index in [0.29, 0.717) is 5.65 Å². The maximum atomic E-state index is 5.22. The lowest BCUT2D eigenvalue weighted by Crippen LogP contribution is -2.23. The predicted octanol–water partition coefficient (Wildman–Crippen LogP) is 0.125. The van der Waals surface area contributed by atoms with Gasteiger partial charge in [-0.3, -0.25) is 10.4 Å². The lowest BCUT2D eigenvalue weighted by atomic mass is 10.3. The van der Waals surface area contributed by atoms with E-state index < -0.39 is 0 Å². The lowest BCUT2D eigenvalue weighted by molar-refractivity contribution is 1.04. The van der Waals surface area contributed by atoms with Crippen LogP contribution in [0.15, 0.2) is 23.7 Å². The Kier molecular flexibility index (Phi) is 2.55. The fourth-order valence-electron chi connectivity index (χ4n) is 1.13. The van der Waals surface area contributed by atoms with E-state index in [1.54, 1.807) is 24.8 Å². The van der Waals surface area contributed by atoms with Crippen molar-refractivity contribution in [2.45, 2.75) is 0 Å². The highest BCUT2D eigenvalue weighted by Gasteiger charge is 2.01. The van der Waals surface area contributed by atoms with E-state index in [4.69, 9.17) is 5.73 Å². The third kappa shape index (κ3) is 2.08. The van der Waals surface area contributed by atoms with Gasteiger partial charge in [0.05, 0.1) is 6.21 Å². The fourth-order valence-corrected chi connectivity index (χ4v) is 1.19. The molecule has 0 saturated carbocycles. The van der Waals surface area contributed by atoms with Gasteiger partial charge in [0.1, 0.15) is 5.52 Å². The SMILES string of the molecule is NC(=S)N/N=C/c1c[nH]c2nccnc12. The molecule has 15 heavy (non-hydrogen) atoms. The predicted molar refractivity (Wildman–Crippen MR) is 61.4 cm³/mol. The smallest absolute Gasteiger partial charge is 0.184 e. The minimum Gasteiger partial charge on any atom is -0.375 e. The molecular formula is C8H8N6S. The molecule has 0 saturated heterocycles. The van der Waals surface area contributed by atoms with Gasteiger partial charge in [-0.2, -0.15) is 5.10 Å². The molecule has 0 radical (unpaired) electrons. The zero-order valence-electron chi connectivity index (χ0n) is 7.64. The van der Waals surface area contributed by atoms with Crippen molar-refractivity contribution in [1.82, 2.24) is 20.4 Å². The molecule has 76 valence electrons. The summed E-state index contributed by atoms with van der Waals surface area (Å²) in [5.41, 5.74) is 9.97. The maximum absolute atomic E-state index is 5.22. The van der Waals surface area contributed by atoms with E-state index in [1.807, 2.05) is 0 Å². The Morgan fingerprint density at radius 3 is 3.13 bits per heavy atom. The molecule has 0 atom stereocenters. The molecular weight excluding hydrogens is 212 g/mol. The molecule has 2 rings (SSSR count). The molecule has 0 bridgehead atoms. The highest BCUT2D eigenvalue weighted by Crippen LogP contribution is 2.09. The first-order chi connectivity index (χ1) is 7.27. The van der Waals surface area contributed by atoms with Crippen LogP contribution in [0, 0.1) is 0 Å². The summed E-state index contributed by atoms with van der Waals surface area (Å²) in [5.74, 6) is 0. The molecule has 0 aromatic carbocycles. The number of nitrogens with two attached hydrogens (primary N) is 1. The second-order valence-electron chi connectivity index (χ2n) is 2.73. The zero-order valence-corrected chi connectivity index (χ0v) is 8.45. The minimum absolute atomic E-state index is 0.122. The van der Waals surface area contributed by atoms with Crippen molar-refractivity contribution in [1.29, 1.82) is 0 Å². The van der Waals surface area contributed by atoms with Crippen molar-refractivity contribution in [3.63, 3.8) is 0 Å². The molecule has 0 aliphatic carbocycles. The maximum Gasteiger partial charge on any atom is 0.184 e. The van der Waals surface area contributed by atoms with Crippen LogP contribution in [-0.4, -0.2) is 26.3 Å². The quantitative estimate of drug-likeness (QED) is 0.380. The number of rotatable bonds is 2. The van der Waals surface area contributed by atoms with Crippen LogP contribution < -0.4 is 11.2 Å². The molecule has 0 fully saturated rings. The summed E-state index contributed by atoms with van der Waals surface area (Å²) in [7, 11) is 0. The average molecular weight is 220 g/mol. The highest BCUT2D eigenvalue weighted by atomic mass is 32.1. The van der Waals surface area contributed by atoms with Crippen molar-refractivity contribution in [2.24, 2.45) is 10.8 Å². The first kappa shape index (κ1) is 9.53. The number of H-pyrrole nitrogens is 1.